The fourth-order valence-electron chi connectivity index (χ4n) is 3.34. The molecule has 2 rings (SSSR count). The smallest absolute Gasteiger partial charge is 0.0300 e. The van der Waals surface area contributed by atoms with Crippen LogP contribution in [0.25, 0.3) is 0 Å². The summed E-state index contributed by atoms with van der Waals surface area (Å²) in [7, 11) is 0. The Hall–Kier alpha value is -0.890. The molecule has 1 saturated carbocycles. The molecule has 0 unspecified atom stereocenters. The molecular weight excluding hydrogens is 244 g/mol. The highest BCUT2D eigenvalue weighted by Crippen LogP contribution is 2.39. The summed E-state index contributed by atoms with van der Waals surface area (Å²) in [6.07, 6.45) is 9.44. The van der Waals surface area contributed by atoms with Crippen LogP contribution in [0.15, 0.2) is 18.5 Å². The van der Waals surface area contributed by atoms with Crippen molar-refractivity contribution in [2.45, 2.75) is 59.9 Å². The van der Waals surface area contributed by atoms with Crippen molar-refractivity contribution in [3.63, 3.8) is 0 Å². The molecule has 2 nitrogen and oxygen atoms in total. The molecule has 1 aromatic rings. The first-order chi connectivity index (χ1) is 9.47. The summed E-state index contributed by atoms with van der Waals surface area (Å²) in [4.78, 5) is 4.15. The van der Waals surface area contributed by atoms with Crippen molar-refractivity contribution in [1.29, 1.82) is 0 Å². The van der Waals surface area contributed by atoms with Gasteiger partial charge in [0.25, 0.3) is 0 Å². The van der Waals surface area contributed by atoms with Crippen LogP contribution in [0.2, 0.25) is 0 Å². The summed E-state index contributed by atoms with van der Waals surface area (Å²) in [6.45, 7) is 11.5. The van der Waals surface area contributed by atoms with E-state index in [1.165, 1.54) is 43.4 Å². The Morgan fingerprint density at radius 2 is 1.90 bits per heavy atom. The molecule has 2 heteroatoms. The molecule has 1 aromatic heterocycles. The van der Waals surface area contributed by atoms with Gasteiger partial charge in [-0.25, -0.2) is 0 Å². The van der Waals surface area contributed by atoms with Crippen LogP contribution in [0, 0.1) is 24.2 Å². The summed E-state index contributed by atoms with van der Waals surface area (Å²) >= 11 is 0. The molecule has 0 bridgehead atoms. The van der Waals surface area contributed by atoms with Crippen molar-refractivity contribution < 1.29 is 0 Å². The predicted octanol–water partition coefficient (Wildman–Crippen LogP) is 4.33. The molecule has 20 heavy (non-hydrogen) atoms. The molecule has 0 aliphatic heterocycles. The van der Waals surface area contributed by atoms with Crippen LogP contribution < -0.4 is 5.32 Å². The van der Waals surface area contributed by atoms with E-state index in [4.69, 9.17) is 0 Å². The van der Waals surface area contributed by atoms with Gasteiger partial charge in [-0.15, -0.1) is 0 Å². The first kappa shape index (κ1) is 15.5. The summed E-state index contributed by atoms with van der Waals surface area (Å²) < 4.78 is 0. The van der Waals surface area contributed by atoms with Crippen LogP contribution in [0.1, 0.15) is 57.6 Å². The molecule has 1 N–H and O–H groups in total. The van der Waals surface area contributed by atoms with Crippen LogP contribution in [-0.4, -0.2) is 11.5 Å². The van der Waals surface area contributed by atoms with Crippen molar-refractivity contribution in [3.8, 4) is 0 Å². The lowest BCUT2D eigenvalue weighted by molar-refractivity contribution is 0.149. The summed E-state index contributed by atoms with van der Waals surface area (Å²) in [6, 6.07) is 2.12. The summed E-state index contributed by atoms with van der Waals surface area (Å²) in [5, 5.41) is 3.64. The van der Waals surface area contributed by atoms with Crippen LogP contribution in [0.3, 0.4) is 0 Å². The maximum absolute atomic E-state index is 4.15. The van der Waals surface area contributed by atoms with E-state index in [0.717, 1.165) is 18.4 Å². The zero-order valence-electron chi connectivity index (χ0n) is 13.6. The average molecular weight is 274 g/mol. The van der Waals surface area contributed by atoms with E-state index in [0.29, 0.717) is 5.41 Å². The van der Waals surface area contributed by atoms with Gasteiger partial charge in [-0.1, -0.05) is 20.8 Å². The second kappa shape index (κ2) is 6.71. The third kappa shape index (κ3) is 4.31. The van der Waals surface area contributed by atoms with Crippen LogP contribution in [-0.2, 0) is 6.54 Å². The fraction of sp³-hybridized carbons (Fsp3) is 0.722. The van der Waals surface area contributed by atoms with E-state index < -0.39 is 0 Å². The Bertz CT molecular complexity index is 412. The number of nitrogens with one attached hydrogen (secondary N) is 1. The highest BCUT2D eigenvalue weighted by molar-refractivity contribution is 5.21. The minimum atomic E-state index is 0.493. The molecular formula is C18H30N2. The second-order valence-electron chi connectivity index (χ2n) is 7.52. The zero-order chi connectivity index (χ0) is 14.6. The minimum absolute atomic E-state index is 0.493. The van der Waals surface area contributed by atoms with Gasteiger partial charge in [-0.3, -0.25) is 4.98 Å². The van der Waals surface area contributed by atoms with Gasteiger partial charge in [-0.05, 0) is 73.6 Å². The third-order valence-corrected chi connectivity index (χ3v) is 4.96. The molecule has 112 valence electrons. The lowest BCUT2D eigenvalue weighted by Crippen LogP contribution is -2.30. The van der Waals surface area contributed by atoms with Gasteiger partial charge < -0.3 is 5.32 Å². The van der Waals surface area contributed by atoms with Crippen molar-refractivity contribution >= 4 is 0 Å². The number of aromatic nitrogens is 1. The van der Waals surface area contributed by atoms with Gasteiger partial charge in [-0.2, -0.15) is 0 Å². The van der Waals surface area contributed by atoms with Crippen molar-refractivity contribution in [3.05, 3.63) is 29.6 Å². The highest BCUT2D eigenvalue weighted by atomic mass is 14.9. The standard InChI is InChI=1S/C18H30N2/c1-14-11-19-10-9-16(14)13-20-12-15-5-7-17(8-6-15)18(2,3)4/h9-11,15,17,20H,5-8,12-13H2,1-4H3. The highest BCUT2D eigenvalue weighted by Gasteiger charge is 2.29. The summed E-state index contributed by atoms with van der Waals surface area (Å²) in [5.74, 6) is 1.79. The first-order valence-electron chi connectivity index (χ1n) is 8.07. The minimum Gasteiger partial charge on any atom is -0.312 e. The van der Waals surface area contributed by atoms with Gasteiger partial charge in [0.2, 0.25) is 0 Å². The molecule has 0 amide bonds. The number of pyridine rings is 1. The number of hydrogen-bond donors (Lipinski definition) is 1. The van der Waals surface area contributed by atoms with E-state index in [-0.39, 0.29) is 0 Å². The fourth-order valence-corrected chi connectivity index (χ4v) is 3.34. The van der Waals surface area contributed by atoms with Gasteiger partial charge in [0.1, 0.15) is 0 Å². The topological polar surface area (TPSA) is 24.9 Å². The monoisotopic (exact) mass is 274 g/mol. The van der Waals surface area contributed by atoms with Crippen LogP contribution in [0.4, 0.5) is 0 Å². The maximum atomic E-state index is 4.15. The predicted molar refractivity (Wildman–Crippen MR) is 85.6 cm³/mol. The molecule has 0 aromatic carbocycles. The number of nitrogens with zero attached hydrogens (tertiary/aromatic N) is 1. The lowest BCUT2D eigenvalue weighted by Gasteiger charge is -2.37. The zero-order valence-corrected chi connectivity index (χ0v) is 13.6. The van der Waals surface area contributed by atoms with Crippen molar-refractivity contribution in [2.75, 3.05) is 6.54 Å². The van der Waals surface area contributed by atoms with Crippen LogP contribution in [0.5, 0.6) is 0 Å². The van der Waals surface area contributed by atoms with Gasteiger partial charge >= 0.3 is 0 Å². The SMILES string of the molecule is Cc1cnccc1CNCC1CCC(C(C)(C)C)CC1. The average Bonchev–Trinajstić information content (AvgIpc) is 2.40. The Balaban J connectivity index is 1.71. The molecule has 0 atom stereocenters. The molecule has 0 saturated heterocycles. The van der Waals surface area contributed by atoms with Crippen molar-refractivity contribution in [1.82, 2.24) is 10.3 Å². The van der Waals surface area contributed by atoms with Crippen LogP contribution >= 0.6 is 0 Å². The Kier molecular flexibility index (Phi) is 5.20. The van der Waals surface area contributed by atoms with E-state index in [1.807, 2.05) is 12.4 Å². The van der Waals surface area contributed by atoms with Gasteiger partial charge in [0.15, 0.2) is 0 Å². The lowest BCUT2D eigenvalue weighted by atomic mass is 9.70. The Labute approximate surface area is 124 Å². The Morgan fingerprint density at radius 1 is 1.20 bits per heavy atom. The molecule has 0 radical (unpaired) electrons. The molecule has 1 fully saturated rings. The second-order valence-corrected chi connectivity index (χ2v) is 7.52. The van der Waals surface area contributed by atoms with E-state index in [1.54, 1.807) is 0 Å². The molecule has 1 heterocycles. The van der Waals surface area contributed by atoms with E-state index >= 15 is 0 Å². The molecule has 0 spiro atoms. The molecule has 1 aliphatic carbocycles. The van der Waals surface area contributed by atoms with E-state index in [9.17, 15) is 0 Å². The third-order valence-electron chi connectivity index (χ3n) is 4.96. The summed E-state index contributed by atoms with van der Waals surface area (Å²) in [5.41, 5.74) is 3.16. The largest absolute Gasteiger partial charge is 0.312 e. The molecule has 1 aliphatic rings. The quantitative estimate of drug-likeness (QED) is 0.884. The number of aryl methyl sites for hydroxylation is 1. The van der Waals surface area contributed by atoms with Gasteiger partial charge in [0.05, 0.1) is 0 Å². The Morgan fingerprint density at radius 3 is 2.50 bits per heavy atom. The number of rotatable bonds is 4. The van der Waals surface area contributed by atoms with E-state index in [2.05, 4.69) is 44.1 Å². The first-order valence-corrected chi connectivity index (χ1v) is 8.07. The number of hydrogen-bond acceptors (Lipinski definition) is 2. The maximum Gasteiger partial charge on any atom is 0.0300 e. The van der Waals surface area contributed by atoms with Gasteiger partial charge in [0, 0.05) is 18.9 Å². The van der Waals surface area contributed by atoms with Crippen molar-refractivity contribution in [2.24, 2.45) is 17.3 Å². The normalized spacial score (nSPS) is 23.8.